The van der Waals surface area contributed by atoms with Crippen LogP contribution >= 0.6 is 0 Å². The molecule has 0 saturated carbocycles. The molecule has 1 aromatic heterocycles. The summed E-state index contributed by atoms with van der Waals surface area (Å²) in [5.41, 5.74) is 4.10. The van der Waals surface area contributed by atoms with E-state index in [1.165, 1.54) is 13.8 Å². The first-order chi connectivity index (χ1) is 13.7. The molecule has 148 valence electrons. The van der Waals surface area contributed by atoms with Gasteiger partial charge in [0.05, 0.1) is 28.0 Å². The Morgan fingerprint density at radius 3 is 2.31 bits per heavy atom. The highest BCUT2D eigenvalue weighted by Gasteiger charge is 2.20. The molecule has 0 unspecified atom stereocenters. The third-order valence-electron chi connectivity index (χ3n) is 4.50. The maximum Gasteiger partial charge on any atom is 0.338 e. The van der Waals surface area contributed by atoms with Crippen LogP contribution in [0, 0.1) is 13.8 Å². The third-order valence-corrected chi connectivity index (χ3v) is 4.50. The standard InChI is InChI=1S/C22H21N3O4/c1-12-13(2)24-20-11-17(8-9-19(20)23-12)22(28)29-15(4)21(27)25-18-7-5-6-16(10-18)14(3)26/h5-11,15H,1-4H3,(H,25,27)/t15-/m1/s1. The van der Waals surface area contributed by atoms with Crippen LogP contribution in [0.1, 0.15) is 46.0 Å². The fourth-order valence-corrected chi connectivity index (χ4v) is 2.70. The second-order valence-corrected chi connectivity index (χ2v) is 6.77. The molecule has 0 aliphatic heterocycles. The summed E-state index contributed by atoms with van der Waals surface area (Å²) in [5, 5.41) is 2.65. The second kappa shape index (κ2) is 8.18. The number of rotatable bonds is 5. The molecule has 3 rings (SSSR count). The zero-order chi connectivity index (χ0) is 21.1. The lowest BCUT2D eigenvalue weighted by Gasteiger charge is -2.14. The largest absolute Gasteiger partial charge is 0.449 e. The van der Waals surface area contributed by atoms with Crippen LogP contribution in [-0.2, 0) is 9.53 Å². The van der Waals surface area contributed by atoms with Crippen LogP contribution in [0.3, 0.4) is 0 Å². The fraction of sp³-hybridized carbons (Fsp3) is 0.227. The van der Waals surface area contributed by atoms with Gasteiger partial charge in [0, 0.05) is 11.3 Å². The number of hydrogen-bond donors (Lipinski definition) is 1. The van der Waals surface area contributed by atoms with Crippen molar-refractivity contribution in [3.8, 4) is 0 Å². The van der Waals surface area contributed by atoms with Crippen molar-refractivity contribution < 1.29 is 19.1 Å². The topological polar surface area (TPSA) is 98.2 Å². The lowest BCUT2D eigenvalue weighted by Crippen LogP contribution is -2.30. The minimum Gasteiger partial charge on any atom is -0.449 e. The van der Waals surface area contributed by atoms with E-state index < -0.39 is 18.0 Å². The van der Waals surface area contributed by atoms with Gasteiger partial charge in [-0.25, -0.2) is 14.8 Å². The molecule has 7 heteroatoms. The fourth-order valence-electron chi connectivity index (χ4n) is 2.70. The second-order valence-electron chi connectivity index (χ2n) is 6.77. The Labute approximate surface area is 168 Å². The van der Waals surface area contributed by atoms with Crippen molar-refractivity contribution >= 4 is 34.4 Å². The zero-order valence-electron chi connectivity index (χ0n) is 16.6. The number of nitrogens with one attached hydrogen (secondary N) is 1. The number of nitrogens with zero attached hydrogens (tertiary/aromatic N) is 2. The number of amides is 1. The van der Waals surface area contributed by atoms with Crippen LogP contribution in [0.5, 0.6) is 0 Å². The number of ether oxygens (including phenoxy) is 1. The van der Waals surface area contributed by atoms with Crippen molar-refractivity contribution in [2.45, 2.75) is 33.8 Å². The number of ketones is 1. The summed E-state index contributed by atoms with van der Waals surface area (Å²) < 4.78 is 5.28. The van der Waals surface area contributed by atoms with E-state index in [0.717, 1.165) is 11.4 Å². The van der Waals surface area contributed by atoms with E-state index in [1.54, 1.807) is 42.5 Å². The van der Waals surface area contributed by atoms with Crippen LogP contribution < -0.4 is 5.32 Å². The summed E-state index contributed by atoms with van der Waals surface area (Å²) in [6.45, 7) is 6.65. The van der Waals surface area contributed by atoms with Crippen molar-refractivity contribution in [1.82, 2.24) is 9.97 Å². The number of benzene rings is 2. The van der Waals surface area contributed by atoms with Crippen molar-refractivity contribution in [1.29, 1.82) is 0 Å². The monoisotopic (exact) mass is 391 g/mol. The van der Waals surface area contributed by atoms with Gasteiger partial charge in [-0.2, -0.15) is 0 Å². The molecule has 29 heavy (non-hydrogen) atoms. The molecule has 0 radical (unpaired) electrons. The Morgan fingerprint density at radius 1 is 0.931 bits per heavy atom. The molecule has 2 aromatic carbocycles. The van der Waals surface area contributed by atoms with Crippen molar-refractivity contribution in [3.63, 3.8) is 0 Å². The van der Waals surface area contributed by atoms with Gasteiger partial charge in [0.2, 0.25) is 0 Å². The minimum atomic E-state index is -1.02. The first-order valence-electron chi connectivity index (χ1n) is 9.12. The van der Waals surface area contributed by atoms with Crippen LogP contribution in [0.4, 0.5) is 5.69 Å². The SMILES string of the molecule is CC(=O)c1cccc(NC(=O)[C@@H](C)OC(=O)c2ccc3nc(C)c(C)nc3c2)c1. The number of fused-ring (bicyclic) bond motifs is 1. The van der Waals surface area contributed by atoms with Crippen LogP contribution in [0.2, 0.25) is 0 Å². The molecule has 0 bridgehead atoms. The molecule has 3 aromatic rings. The van der Waals surface area contributed by atoms with E-state index in [9.17, 15) is 14.4 Å². The molecule has 0 spiro atoms. The van der Waals surface area contributed by atoms with E-state index in [4.69, 9.17) is 4.74 Å². The number of anilines is 1. The molecule has 1 heterocycles. The Bertz CT molecular complexity index is 1120. The molecular weight excluding hydrogens is 370 g/mol. The lowest BCUT2D eigenvalue weighted by atomic mass is 10.1. The van der Waals surface area contributed by atoms with Crippen molar-refractivity contribution in [2.24, 2.45) is 0 Å². The summed E-state index contributed by atoms with van der Waals surface area (Å²) >= 11 is 0. The molecule has 0 aliphatic carbocycles. The maximum atomic E-state index is 12.5. The lowest BCUT2D eigenvalue weighted by molar-refractivity contribution is -0.123. The van der Waals surface area contributed by atoms with Crippen LogP contribution in [0.25, 0.3) is 11.0 Å². The Hall–Kier alpha value is -3.61. The average Bonchev–Trinajstić information content (AvgIpc) is 2.68. The number of hydrogen-bond acceptors (Lipinski definition) is 6. The van der Waals surface area contributed by atoms with Crippen LogP contribution in [0.15, 0.2) is 42.5 Å². The molecule has 1 N–H and O–H groups in total. The van der Waals surface area contributed by atoms with E-state index in [0.29, 0.717) is 22.3 Å². The van der Waals surface area contributed by atoms with E-state index in [1.807, 2.05) is 13.8 Å². The highest BCUT2D eigenvalue weighted by atomic mass is 16.5. The number of aromatic nitrogens is 2. The van der Waals surface area contributed by atoms with Gasteiger partial charge in [0.25, 0.3) is 5.91 Å². The number of aryl methyl sites for hydroxylation is 2. The zero-order valence-corrected chi connectivity index (χ0v) is 16.6. The molecule has 0 saturated heterocycles. The normalized spacial score (nSPS) is 11.7. The molecule has 1 amide bonds. The first-order valence-corrected chi connectivity index (χ1v) is 9.12. The molecule has 1 atom stereocenters. The van der Waals surface area contributed by atoms with Crippen molar-refractivity contribution in [2.75, 3.05) is 5.32 Å². The summed E-state index contributed by atoms with van der Waals surface area (Å²) in [6.07, 6.45) is -1.02. The number of carbonyl (C=O) groups is 3. The van der Waals surface area contributed by atoms with Gasteiger partial charge in [-0.05, 0) is 58.0 Å². The quantitative estimate of drug-likeness (QED) is 0.527. The van der Waals surface area contributed by atoms with Gasteiger partial charge in [-0.1, -0.05) is 12.1 Å². The van der Waals surface area contributed by atoms with Gasteiger partial charge in [0.15, 0.2) is 11.9 Å². The van der Waals surface area contributed by atoms with Gasteiger partial charge in [-0.15, -0.1) is 0 Å². The average molecular weight is 391 g/mol. The van der Waals surface area contributed by atoms with E-state index in [2.05, 4.69) is 15.3 Å². The molecular formula is C22H21N3O4. The minimum absolute atomic E-state index is 0.106. The smallest absolute Gasteiger partial charge is 0.338 e. The third kappa shape index (κ3) is 4.63. The van der Waals surface area contributed by atoms with Gasteiger partial charge < -0.3 is 10.1 Å². The van der Waals surface area contributed by atoms with Gasteiger partial charge in [-0.3, -0.25) is 9.59 Å². The molecule has 0 aliphatic rings. The highest BCUT2D eigenvalue weighted by molar-refractivity contribution is 6.00. The number of esters is 1. The Kier molecular flexibility index (Phi) is 5.68. The summed E-state index contributed by atoms with van der Waals surface area (Å²) in [6, 6.07) is 11.4. The van der Waals surface area contributed by atoms with Gasteiger partial charge in [0.1, 0.15) is 0 Å². The highest BCUT2D eigenvalue weighted by Crippen LogP contribution is 2.16. The summed E-state index contributed by atoms with van der Waals surface area (Å²) in [7, 11) is 0. The summed E-state index contributed by atoms with van der Waals surface area (Å²) in [4.78, 5) is 45.1. The van der Waals surface area contributed by atoms with Crippen molar-refractivity contribution in [3.05, 3.63) is 65.0 Å². The van der Waals surface area contributed by atoms with Crippen LogP contribution in [-0.4, -0.2) is 33.7 Å². The van der Waals surface area contributed by atoms with E-state index >= 15 is 0 Å². The van der Waals surface area contributed by atoms with Gasteiger partial charge >= 0.3 is 5.97 Å². The molecule has 0 fully saturated rings. The number of Topliss-reactive ketones (excluding diaryl/α,β-unsaturated/α-hetero) is 1. The maximum absolute atomic E-state index is 12.5. The predicted octanol–water partition coefficient (Wildman–Crippen LogP) is 3.63. The van der Waals surface area contributed by atoms with E-state index in [-0.39, 0.29) is 11.3 Å². The first kappa shape index (κ1) is 20.1. The Morgan fingerprint density at radius 2 is 1.62 bits per heavy atom. The Balaban J connectivity index is 1.70. The summed E-state index contributed by atoms with van der Waals surface area (Å²) in [5.74, 6) is -1.23. The molecule has 7 nitrogen and oxygen atoms in total. The predicted molar refractivity (Wildman–Crippen MR) is 109 cm³/mol. The number of carbonyl (C=O) groups excluding carboxylic acids is 3.